The number of fused-ring (bicyclic) bond motifs is 1. The Labute approximate surface area is 357 Å². The van der Waals surface area contributed by atoms with Crippen LogP contribution >= 0.6 is 0 Å². The molecule has 0 fully saturated rings. The number of ether oxygens (including phenoxy) is 2. The van der Waals surface area contributed by atoms with Gasteiger partial charge >= 0.3 is 0 Å². The van der Waals surface area contributed by atoms with Crippen molar-refractivity contribution in [3.05, 3.63) is 154 Å². The van der Waals surface area contributed by atoms with Gasteiger partial charge in [-0.15, -0.1) is 0 Å². The minimum absolute atomic E-state index is 0.00580. The van der Waals surface area contributed by atoms with Gasteiger partial charge in [0, 0.05) is 53.3 Å². The molecule has 0 bridgehead atoms. The highest BCUT2D eigenvalue weighted by Crippen LogP contribution is 2.48. The van der Waals surface area contributed by atoms with Crippen molar-refractivity contribution in [1.29, 1.82) is 5.26 Å². The number of aliphatic hydroxyl groups excluding tert-OH is 1. The van der Waals surface area contributed by atoms with Crippen LogP contribution in [0.1, 0.15) is 97.6 Å². The number of anilines is 3. The SMILES string of the molecule is C=C1OC(C)(C)C(/C=C/C2=C(Oc3ccc(CCCO)cc3)C(=C/C=C3/N(CCCCC(=O)Nc4ccc(N)cc4)c4ccccc4C3(C)C)/CC(CC(C)C)C2)=C1C#N. The second kappa shape index (κ2) is 19.1. The third kappa shape index (κ3) is 10.3. The lowest BCUT2D eigenvalue weighted by Gasteiger charge is -2.30. The molecule has 1 unspecified atom stereocenters. The number of aryl methyl sites for hydroxylation is 1. The Kier molecular flexibility index (Phi) is 13.9. The lowest BCUT2D eigenvalue weighted by Crippen LogP contribution is -2.27. The minimum Gasteiger partial charge on any atom is -0.482 e. The van der Waals surface area contributed by atoms with E-state index in [1.54, 1.807) is 12.1 Å². The average Bonchev–Trinajstić information content (AvgIpc) is 3.57. The highest BCUT2D eigenvalue weighted by atomic mass is 16.5. The molecule has 2 aliphatic heterocycles. The second-order valence-electron chi connectivity index (χ2n) is 17.8. The molecule has 4 N–H and O–H groups in total. The van der Waals surface area contributed by atoms with E-state index in [1.807, 2.05) is 44.2 Å². The van der Waals surface area contributed by atoms with Crippen molar-refractivity contribution < 1.29 is 19.4 Å². The van der Waals surface area contributed by atoms with Crippen molar-refractivity contribution in [2.45, 2.75) is 104 Å². The number of nitrogens with one attached hydrogen (secondary N) is 1. The second-order valence-corrected chi connectivity index (χ2v) is 17.8. The quantitative estimate of drug-likeness (QED) is 0.0973. The molecule has 60 heavy (non-hydrogen) atoms. The van der Waals surface area contributed by atoms with Crippen molar-refractivity contribution in [3.63, 3.8) is 0 Å². The zero-order chi connectivity index (χ0) is 43.0. The molecule has 6 rings (SSSR count). The number of nitrogen functional groups attached to an aromatic ring is 1. The number of carbonyl (C=O) groups excluding carboxylic acids is 1. The van der Waals surface area contributed by atoms with Crippen molar-refractivity contribution in [3.8, 4) is 11.8 Å². The largest absolute Gasteiger partial charge is 0.482 e. The summed E-state index contributed by atoms with van der Waals surface area (Å²) in [6, 6.07) is 26.4. The first-order valence-electron chi connectivity index (χ1n) is 21.5. The smallest absolute Gasteiger partial charge is 0.224 e. The van der Waals surface area contributed by atoms with Gasteiger partial charge in [-0.25, -0.2) is 0 Å². The van der Waals surface area contributed by atoms with E-state index in [0.717, 1.165) is 84.5 Å². The molecule has 0 aromatic heterocycles. The predicted molar refractivity (Wildman–Crippen MR) is 244 cm³/mol. The van der Waals surface area contributed by atoms with Crippen LogP contribution in [-0.4, -0.2) is 29.8 Å². The van der Waals surface area contributed by atoms with Gasteiger partial charge in [-0.3, -0.25) is 4.79 Å². The van der Waals surface area contributed by atoms with Crippen LogP contribution in [0.2, 0.25) is 0 Å². The van der Waals surface area contributed by atoms with Crippen LogP contribution < -0.4 is 20.7 Å². The molecule has 314 valence electrons. The number of nitrogens with two attached hydrogens (primary N) is 1. The fraction of sp³-hybridized carbons (Fsp3) is 0.385. The molecule has 3 aromatic carbocycles. The van der Waals surface area contributed by atoms with E-state index in [9.17, 15) is 15.2 Å². The van der Waals surface area contributed by atoms with Gasteiger partial charge in [0.05, 0.1) is 0 Å². The minimum atomic E-state index is -0.688. The molecule has 2 heterocycles. The first-order chi connectivity index (χ1) is 28.7. The van der Waals surface area contributed by atoms with Gasteiger partial charge in [-0.05, 0) is 141 Å². The van der Waals surface area contributed by atoms with Gasteiger partial charge in [0.15, 0.2) is 0 Å². The van der Waals surface area contributed by atoms with E-state index in [1.165, 1.54) is 16.9 Å². The average molecular weight is 807 g/mol. The summed E-state index contributed by atoms with van der Waals surface area (Å²) >= 11 is 0. The molecule has 3 aromatic rings. The maximum Gasteiger partial charge on any atom is 0.224 e. The summed E-state index contributed by atoms with van der Waals surface area (Å²) in [6.07, 6.45) is 15.0. The summed E-state index contributed by atoms with van der Waals surface area (Å²) in [5, 5.41) is 22.5. The molecule has 1 amide bonds. The van der Waals surface area contributed by atoms with E-state index in [0.29, 0.717) is 41.7 Å². The van der Waals surface area contributed by atoms with Gasteiger partial charge in [0.2, 0.25) is 5.91 Å². The van der Waals surface area contributed by atoms with Crippen LogP contribution in [0.3, 0.4) is 0 Å². The van der Waals surface area contributed by atoms with Crippen LogP contribution in [0.4, 0.5) is 17.1 Å². The molecular weight excluding hydrogens is 745 g/mol. The zero-order valence-corrected chi connectivity index (χ0v) is 36.3. The van der Waals surface area contributed by atoms with E-state index < -0.39 is 5.60 Å². The highest BCUT2D eigenvalue weighted by Gasteiger charge is 2.40. The number of carbonyl (C=O) groups is 1. The Bertz CT molecular complexity index is 2250. The number of amides is 1. The number of nitriles is 1. The normalized spacial score (nSPS) is 19.7. The summed E-state index contributed by atoms with van der Waals surface area (Å²) in [7, 11) is 0. The third-order valence-electron chi connectivity index (χ3n) is 11.8. The van der Waals surface area contributed by atoms with Gasteiger partial charge in [0.1, 0.15) is 34.5 Å². The van der Waals surface area contributed by atoms with Crippen molar-refractivity contribution in [2.75, 3.05) is 29.1 Å². The zero-order valence-electron chi connectivity index (χ0n) is 36.3. The summed E-state index contributed by atoms with van der Waals surface area (Å²) in [5.74, 6) is 2.86. The van der Waals surface area contributed by atoms with E-state index >= 15 is 0 Å². The predicted octanol–water partition coefficient (Wildman–Crippen LogP) is 11.4. The number of allylic oxidation sites excluding steroid dienone is 7. The Morgan fingerprint density at radius 1 is 1.02 bits per heavy atom. The highest BCUT2D eigenvalue weighted by molar-refractivity contribution is 5.90. The Morgan fingerprint density at radius 3 is 2.45 bits per heavy atom. The monoisotopic (exact) mass is 806 g/mol. The molecule has 1 atom stereocenters. The molecule has 0 radical (unpaired) electrons. The maximum absolute atomic E-state index is 12.8. The van der Waals surface area contributed by atoms with Crippen LogP contribution in [0.25, 0.3) is 0 Å². The number of hydrogen-bond donors (Lipinski definition) is 3. The van der Waals surface area contributed by atoms with Gasteiger partial charge in [-0.1, -0.05) is 82.8 Å². The molecule has 0 saturated carbocycles. The number of unbranched alkanes of at least 4 members (excludes halogenated alkanes) is 1. The van der Waals surface area contributed by atoms with Crippen molar-refractivity contribution in [2.24, 2.45) is 11.8 Å². The summed E-state index contributed by atoms with van der Waals surface area (Å²) in [5.41, 5.74) is 14.6. The van der Waals surface area contributed by atoms with E-state index in [-0.39, 0.29) is 17.9 Å². The van der Waals surface area contributed by atoms with Crippen molar-refractivity contribution in [1.82, 2.24) is 0 Å². The number of aliphatic hydroxyl groups is 1. The molecular formula is C52H62N4O4. The Morgan fingerprint density at radius 2 is 1.75 bits per heavy atom. The van der Waals surface area contributed by atoms with Crippen molar-refractivity contribution >= 4 is 23.0 Å². The summed E-state index contributed by atoms with van der Waals surface area (Å²) in [6.45, 7) is 18.0. The maximum atomic E-state index is 12.8. The molecule has 0 saturated heterocycles. The van der Waals surface area contributed by atoms with Crippen LogP contribution in [-0.2, 0) is 21.4 Å². The summed E-state index contributed by atoms with van der Waals surface area (Å²) in [4.78, 5) is 15.3. The lowest BCUT2D eigenvalue weighted by atomic mass is 9.79. The number of hydrogen-bond acceptors (Lipinski definition) is 7. The number of para-hydroxylation sites is 1. The topological polar surface area (TPSA) is 121 Å². The molecule has 3 aliphatic rings. The van der Waals surface area contributed by atoms with Crippen LogP contribution in [0, 0.1) is 23.2 Å². The fourth-order valence-electron chi connectivity index (χ4n) is 8.83. The number of nitrogens with zero attached hydrogens (tertiary/aromatic N) is 2. The lowest BCUT2D eigenvalue weighted by molar-refractivity contribution is -0.116. The first-order valence-corrected chi connectivity index (χ1v) is 21.5. The van der Waals surface area contributed by atoms with E-state index in [4.69, 9.17) is 15.2 Å². The fourth-order valence-corrected chi connectivity index (χ4v) is 8.83. The molecule has 0 spiro atoms. The van der Waals surface area contributed by atoms with Crippen LogP contribution in [0.15, 0.2) is 143 Å². The number of rotatable bonds is 16. The Balaban J connectivity index is 1.37. The Hall–Kier alpha value is -5.78. The number of benzene rings is 3. The van der Waals surface area contributed by atoms with Gasteiger partial charge in [-0.2, -0.15) is 5.26 Å². The van der Waals surface area contributed by atoms with Gasteiger partial charge in [0.25, 0.3) is 0 Å². The molecule has 8 heteroatoms. The molecule has 8 nitrogen and oxygen atoms in total. The first kappa shape index (κ1) is 43.8. The standard InChI is InChI=1S/C52H62N4O4/c1-35(2)31-38-32-39(19-27-45-44(34-53)36(3)60-52(45,6)7)50(59-43-25-17-37(18-26-43)13-12-30-57)40(33-38)20-28-48-51(4,5)46-14-8-9-15-47(46)56(48)29-11-10-16-49(58)55-42-23-21-41(54)22-24-42/h8-9,14-15,17-28,35,38,57H,3,10-13,16,29-33,54H2,1-2,4-7H3,(H,55,58)/b27-19+,40-20+,48-28+. The summed E-state index contributed by atoms with van der Waals surface area (Å²) < 4.78 is 13.0. The van der Waals surface area contributed by atoms with Gasteiger partial charge < -0.3 is 30.5 Å². The molecule has 1 aliphatic carbocycles. The van der Waals surface area contributed by atoms with Crippen LogP contribution in [0.5, 0.6) is 5.75 Å². The third-order valence-corrected chi connectivity index (χ3v) is 11.8. The van der Waals surface area contributed by atoms with E-state index in [2.05, 4.69) is 105 Å².